The van der Waals surface area contributed by atoms with Crippen LogP contribution in [0.4, 0.5) is 8.78 Å². The summed E-state index contributed by atoms with van der Waals surface area (Å²) < 4.78 is 32.4. The summed E-state index contributed by atoms with van der Waals surface area (Å²) in [6.45, 7) is 3.04. The van der Waals surface area contributed by atoms with Crippen LogP contribution in [-0.4, -0.2) is 19.2 Å². The van der Waals surface area contributed by atoms with Gasteiger partial charge in [0.15, 0.2) is 11.6 Å². The minimum absolute atomic E-state index is 0.00636. The number of halogens is 2. The van der Waals surface area contributed by atoms with Crippen LogP contribution in [0, 0.1) is 11.6 Å². The topological polar surface area (TPSA) is 21.3 Å². The van der Waals surface area contributed by atoms with Crippen molar-refractivity contribution < 1.29 is 13.5 Å². The van der Waals surface area contributed by atoms with Gasteiger partial charge in [-0.15, -0.1) is 0 Å². The maximum atomic E-state index is 13.8. The summed E-state index contributed by atoms with van der Waals surface area (Å²) in [6, 6.07) is 3.39. The SMILES string of the molecule is CCOc1ccc(CC2CCCN2)c(F)c1F. The number of ether oxygens (including phenoxy) is 1. The molecule has 1 heterocycles. The molecular weight excluding hydrogens is 224 g/mol. The molecule has 2 nitrogen and oxygen atoms in total. The number of hydrogen-bond donors (Lipinski definition) is 1. The van der Waals surface area contributed by atoms with Gasteiger partial charge >= 0.3 is 0 Å². The van der Waals surface area contributed by atoms with Gasteiger partial charge in [-0.25, -0.2) is 4.39 Å². The van der Waals surface area contributed by atoms with E-state index in [0.717, 1.165) is 19.4 Å². The molecule has 0 amide bonds. The van der Waals surface area contributed by atoms with E-state index < -0.39 is 11.6 Å². The maximum absolute atomic E-state index is 13.8. The Hall–Kier alpha value is -1.16. The second-order valence-electron chi connectivity index (χ2n) is 4.28. The van der Waals surface area contributed by atoms with E-state index in [-0.39, 0.29) is 11.8 Å². The average Bonchev–Trinajstić information content (AvgIpc) is 2.82. The molecule has 4 heteroatoms. The van der Waals surface area contributed by atoms with Gasteiger partial charge in [0.25, 0.3) is 0 Å². The van der Waals surface area contributed by atoms with Crippen molar-refractivity contribution in [1.29, 1.82) is 0 Å². The smallest absolute Gasteiger partial charge is 0.200 e. The van der Waals surface area contributed by atoms with Crippen molar-refractivity contribution in [1.82, 2.24) is 5.32 Å². The molecule has 0 saturated carbocycles. The van der Waals surface area contributed by atoms with E-state index in [0.29, 0.717) is 18.6 Å². The van der Waals surface area contributed by atoms with Crippen molar-refractivity contribution in [3.63, 3.8) is 0 Å². The van der Waals surface area contributed by atoms with Crippen molar-refractivity contribution in [2.24, 2.45) is 0 Å². The summed E-state index contributed by atoms with van der Waals surface area (Å²) in [5, 5.41) is 3.27. The van der Waals surface area contributed by atoms with Crippen molar-refractivity contribution in [2.45, 2.75) is 32.2 Å². The summed E-state index contributed by atoms with van der Waals surface area (Å²) >= 11 is 0. The molecule has 0 aromatic heterocycles. The zero-order valence-corrected chi connectivity index (χ0v) is 9.93. The third-order valence-electron chi connectivity index (χ3n) is 3.06. The Labute approximate surface area is 100.0 Å². The van der Waals surface area contributed by atoms with Crippen LogP contribution in [0.5, 0.6) is 5.75 Å². The van der Waals surface area contributed by atoms with Gasteiger partial charge in [-0.05, 0) is 44.4 Å². The molecule has 1 unspecified atom stereocenters. The van der Waals surface area contributed by atoms with Crippen LogP contribution in [0.15, 0.2) is 12.1 Å². The van der Waals surface area contributed by atoms with Crippen LogP contribution < -0.4 is 10.1 Å². The number of hydrogen-bond acceptors (Lipinski definition) is 2. The molecule has 0 bridgehead atoms. The minimum Gasteiger partial charge on any atom is -0.491 e. The van der Waals surface area contributed by atoms with E-state index in [1.807, 2.05) is 0 Å². The van der Waals surface area contributed by atoms with Crippen LogP contribution >= 0.6 is 0 Å². The van der Waals surface area contributed by atoms with Crippen LogP contribution in [0.25, 0.3) is 0 Å². The van der Waals surface area contributed by atoms with Gasteiger partial charge in [0.05, 0.1) is 6.61 Å². The van der Waals surface area contributed by atoms with E-state index in [2.05, 4.69) is 5.32 Å². The summed E-state index contributed by atoms with van der Waals surface area (Å²) in [6.07, 6.45) is 2.66. The molecule has 17 heavy (non-hydrogen) atoms. The molecule has 1 saturated heterocycles. The zero-order valence-electron chi connectivity index (χ0n) is 9.93. The maximum Gasteiger partial charge on any atom is 0.200 e. The van der Waals surface area contributed by atoms with E-state index in [4.69, 9.17) is 4.74 Å². The van der Waals surface area contributed by atoms with Crippen LogP contribution in [0.1, 0.15) is 25.3 Å². The van der Waals surface area contributed by atoms with Crippen molar-refractivity contribution >= 4 is 0 Å². The predicted octanol–water partition coefficient (Wildman–Crippen LogP) is 2.66. The lowest BCUT2D eigenvalue weighted by molar-refractivity contribution is 0.313. The molecule has 1 atom stereocenters. The first-order valence-electron chi connectivity index (χ1n) is 6.05. The highest BCUT2D eigenvalue weighted by atomic mass is 19.2. The Morgan fingerprint density at radius 1 is 1.35 bits per heavy atom. The molecule has 2 rings (SSSR count). The molecule has 1 aromatic carbocycles. The van der Waals surface area contributed by atoms with Crippen LogP contribution in [0.3, 0.4) is 0 Å². The second-order valence-corrected chi connectivity index (χ2v) is 4.28. The monoisotopic (exact) mass is 241 g/mol. The lowest BCUT2D eigenvalue weighted by Gasteiger charge is -2.12. The molecule has 1 aliphatic rings. The van der Waals surface area contributed by atoms with Gasteiger partial charge in [-0.3, -0.25) is 0 Å². The van der Waals surface area contributed by atoms with Crippen molar-refractivity contribution in [2.75, 3.05) is 13.2 Å². The Balaban J connectivity index is 2.14. The molecule has 1 aliphatic heterocycles. The minimum atomic E-state index is -0.873. The molecule has 94 valence electrons. The van der Waals surface area contributed by atoms with E-state index in [1.165, 1.54) is 6.07 Å². The summed E-state index contributed by atoms with van der Waals surface area (Å²) in [5.41, 5.74) is 0.422. The first kappa shape index (κ1) is 12.3. The molecular formula is C13H17F2NO. The lowest BCUT2D eigenvalue weighted by atomic mass is 10.0. The highest BCUT2D eigenvalue weighted by Crippen LogP contribution is 2.24. The Morgan fingerprint density at radius 3 is 2.82 bits per heavy atom. The molecule has 1 fully saturated rings. The van der Waals surface area contributed by atoms with Crippen LogP contribution in [-0.2, 0) is 6.42 Å². The standard InChI is InChI=1S/C13H17F2NO/c1-2-17-11-6-5-9(12(14)13(11)15)8-10-4-3-7-16-10/h5-6,10,16H,2-4,7-8H2,1H3. The third-order valence-corrected chi connectivity index (χ3v) is 3.06. The summed E-state index contributed by atoms with van der Waals surface area (Å²) in [5.74, 6) is -1.65. The van der Waals surface area contributed by atoms with Crippen molar-refractivity contribution in [3.8, 4) is 5.75 Å². The first-order chi connectivity index (χ1) is 8.22. The average molecular weight is 241 g/mol. The van der Waals surface area contributed by atoms with Crippen molar-refractivity contribution in [3.05, 3.63) is 29.3 Å². The van der Waals surface area contributed by atoms with E-state index in [1.54, 1.807) is 13.0 Å². The molecule has 0 aliphatic carbocycles. The van der Waals surface area contributed by atoms with Crippen LogP contribution in [0.2, 0.25) is 0 Å². The van der Waals surface area contributed by atoms with Gasteiger partial charge in [0.2, 0.25) is 5.82 Å². The fourth-order valence-corrected chi connectivity index (χ4v) is 2.19. The highest BCUT2D eigenvalue weighted by Gasteiger charge is 2.19. The fraction of sp³-hybridized carbons (Fsp3) is 0.538. The molecule has 0 spiro atoms. The normalized spacial score (nSPS) is 19.6. The number of rotatable bonds is 4. The Bertz CT molecular complexity index is 389. The zero-order chi connectivity index (χ0) is 12.3. The first-order valence-corrected chi connectivity index (χ1v) is 6.05. The van der Waals surface area contributed by atoms with Gasteiger partial charge in [0, 0.05) is 6.04 Å². The quantitative estimate of drug-likeness (QED) is 0.875. The molecule has 1 aromatic rings. The second kappa shape index (κ2) is 5.45. The summed E-state index contributed by atoms with van der Waals surface area (Å²) in [7, 11) is 0. The van der Waals surface area contributed by atoms with Gasteiger partial charge in [-0.2, -0.15) is 4.39 Å². The van der Waals surface area contributed by atoms with Gasteiger partial charge in [0.1, 0.15) is 0 Å². The molecule has 0 radical (unpaired) electrons. The fourth-order valence-electron chi connectivity index (χ4n) is 2.19. The highest BCUT2D eigenvalue weighted by molar-refractivity contribution is 5.31. The number of benzene rings is 1. The Morgan fingerprint density at radius 2 is 2.18 bits per heavy atom. The Kier molecular flexibility index (Phi) is 3.94. The third kappa shape index (κ3) is 2.75. The lowest BCUT2D eigenvalue weighted by Crippen LogP contribution is -2.24. The van der Waals surface area contributed by atoms with E-state index >= 15 is 0 Å². The number of nitrogens with one attached hydrogen (secondary N) is 1. The van der Waals surface area contributed by atoms with E-state index in [9.17, 15) is 8.78 Å². The molecule has 1 N–H and O–H groups in total. The van der Waals surface area contributed by atoms with Gasteiger partial charge in [-0.1, -0.05) is 6.07 Å². The summed E-state index contributed by atoms with van der Waals surface area (Å²) in [4.78, 5) is 0. The largest absolute Gasteiger partial charge is 0.491 e. The van der Waals surface area contributed by atoms with Gasteiger partial charge < -0.3 is 10.1 Å². The predicted molar refractivity (Wildman–Crippen MR) is 62.3 cm³/mol.